The van der Waals surface area contributed by atoms with Crippen LogP contribution in [0.25, 0.3) is 0 Å². The minimum atomic E-state index is -0.715. The molecule has 0 atom stereocenters. The van der Waals surface area contributed by atoms with Crippen molar-refractivity contribution in [3.8, 4) is 0 Å². The fourth-order valence-electron chi connectivity index (χ4n) is 1.74. The molecular formula is C15H15ClN2O3. The zero-order valence-electron chi connectivity index (χ0n) is 11.5. The molecule has 0 saturated carbocycles. The van der Waals surface area contributed by atoms with Crippen LogP contribution in [0.2, 0.25) is 5.02 Å². The highest BCUT2D eigenvalue weighted by Gasteiger charge is 2.14. The highest BCUT2D eigenvalue weighted by atomic mass is 35.5. The number of amides is 2. The first-order valence-electron chi connectivity index (χ1n) is 6.42. The smallest absolute Gasteiger partial charge is 0.313 e. The van der Waals surface area contributed by atoms with Gasteiger partial charge in [0.25, 0.3) is 0 Å². The molecule has 5 nitrogen and oxygen atoms in total. The maximum absolute atomic E-state index is 11.8. The van der Waals surface area contributed by atoms with Crippen LogP contribution in [0.5, 0.6) is 0 Å². The van der Waals surface area contributed by atoms with E-state index < -0.39 is 11.8 Å². The molecule has 0 spiro atoms. The number of halogens is 1. The van der Waals surface area contributed by atoms with Gasteiger partial charge in [0.2, 0.25) is 0 Å². The van der Waals surface area contributed by atoms with Crippen LogP contribution in [0.1, 0.15) is 11.1 Å². The van der Waals surface area contributed by atoms with E-state index in [4.69, 9.17) is 16.0 Å². The van der Waals surface area contributed by atoms with Crippen molar-refractivity contribution in [2.75, 3.05) is 11.9 Å². The molecule has 21 heavy (non-hydrogen) atoms. The lowest BCUT2D eigenvalue weighted by Crippen LogP contribution is -2.36. The number of carbonyl (C=O) groups excluding carboxylic acids is 2. The van der Waals surface area contributed by atoms with Crippen molar-refractivity contribution in [1.29, 1.82) is 0 Å². The largest absolute Gasteiger partial charge is 0.472 e. The van der Waals surface area contributed by atoms with Gasteiger partial charge < -0.3 is 15.1 Å². The third-order valence-electron chi connectivity index (χ3n) is 2.93. The van der Waals surface area contributed by atoms with E-state index in [1.165, 1.54) is 0 Å². The van der Waals surface area contributed by atoms with E-state index in [1.54, 1.807) is 30.7 Å². The maximum atomic E-state index is 11.8. The van der Waals surface area contributed by atoms with Crippen molar-refractivity contribution in [2.24, 2.45) is 0 Å². The molecule has 0 radical (unpaired) electrons. The van der Waals surface area contributed by atoms with Gasteiger partial charge in [0, 0.05) is 17.3 Å². The van der Waals surface area contributed by atoms with Crippen LogP contribution in [0.4, 0.5) is 5.69 Å². The topological polar surface area (TPSA) is 71.3 Å². The van der Waals surface area contributed by atoms with Crippen molar-refractivity contribution in [3.05, 3.63) is 52.9 Å². The van der Waals surface area contributed by atoms with E-state index in [0.29, 0.717) is 23.7 Å². The van der Waals surface area contributed by atoms with Gasteiger partial charge in [-0.25, -0.2) is 0 Å². The fraction of sp³-hybridized carbons (Fsp3) is 0.200. The van der Waals surface area contributed by atoms with E-state index >= 15 is 0 Å². The number of carbonyl (C=O) groups is 2. The fourth-order valence-corrected chi connectivity index (χ4v) is 1.92. The van der Waals surface area contributed by atoms with E-state index in [-0.39, 0.29) is 0 Å². The summed E-state index contributed by atoms with van der Waals surface area (Å²) < 4.78 is 4.92. The van der Waals surface area contributed by atoms with Crippen LogP contribution < -0.4 is 10.6 Å². The summed E-state index contributed by atoms with van der Waals surface area (Å²) in [5, 5.41) is 5.59. The molecule has 110 valence electrons. The summed E-state index contributed by atoms with van der Waals surface area (Å²) >= 11 is 5.86. The highest BCUT2D eigenvalue weighted by molar-refractivity contribution is 6.40. The summed E-state index contributed by atoms with van der Waals surface area (Å²) in [6.45, 7) is 2.18. The van der Waals surface area contributed by atoms with E-state index in [9.17, 15) is 9.59 Å². The van der Waals surface area contributed by atoms with Gasteiger partial charge in [-0.3, -0.25) is 9.59 Å². The normalized spacial score (nSPS) is 10.2. The maximum Gasteiger partial charge on any atom is 0.313 e. The van der Waals surface area contributed by atoms with Crippen LogP contribution in [-0.4, -0.2) is 18.4 Å². The van der Waals surface area contributed by atoms with Crippen molar-refractivity contribution in [1.82, 2.24) is 5.32 Å². The molecule has 2 aromatic rings. The average Bonchev–Trinajstić information content (AvgIpc) is 2.96. The first-order chi connectivity index (χ1) is 10.1. The van der Waals surface area contributed by atoms with Gasteiger partial charge in [0.05, 0.1) is 12.5 Å². The highest BCUT2D eigenvalue weighted by Crippen LogP contribution is 2.19. The van der Waals surface area contributed by atoms with E-state index in [1.807, 2.05) is 13.0 Å². The summed E-state index contributed by atoms with van der Waals surface area (Å²) in [5.41, 5.74) is 2.32. The lowest BCUT2D eigenvalue weighted by atomic mass is 10.2. The Labute approximate surface area is 127 Å². The van der Waals surface area contributed by atoms with E-state index in [2.05, 4.69) is 10.6 Å². The monoisotopic (exact) mass is 306 g/mol. The second kappa shape index (κ2) is 6.95. The van der Waals surface area contributed by atoms with Crippen molar-refractivity contribution in [3.63, 3.8) is 0 Å². The predicted molar refractivity (Wildman–Crippen MR) is 80.2 cm³/mol. The second-order valence-electron chi connectivity index (χ2n) is 4.55. The minimum absolute atomic E-state index is 0.361. The third-order valence-corrected chi connectivity index (χ3v) is 3.17. The Hall–Kier alpha value is -2.27. The van der Waals surface area contributed by atoms with Gasteiger partial charge in [-0.1, -0.05) is 17.7 Å². The third kappa shape index (κ3) is 4.36. The zero-order chi connectivity index (χ0) is 15.2. The number of furan rings is 1. The molecule has 0 aliphatic rings. The van der Waals surface area contributed by atoms with Gasteiger partial charge in [-0.05, 0) is 42.7 Å². The molecule has 1 aromatic carbocycles. The molecule has 0 fully saturated rings. The van der Waals surface area contributed by atoms with Gasteiger partial charge in [-0.2, -0.15) is 0 Å². The summed E-state index contributed by atoms with van der Waals surface area (Å²) in [6.07, 6.45) is 3.76. The molecule has 1 aromatic heterocycles. The Kier molecular flexibility index (Phi) is 5.00. The molecule has 2 N–H and O–H groups in total. The summed E-state index contributed by atoms with van der Waals surface area (Å²) in [4.78, 5) is 23.5. The lowest BCUT2D eigenvalue weighted by Gasteiger charge is -2.09. The van der Waals surface area contributed by atoms with Gasteiger partial charge in [0.15, 0.2) is 0 Å². The minimum Gasteiger partial charge on any atom is -0.472 e. The first kappa shape index (κ1) is 15.1. The van der Waals surface area contributed by atoms with Gasteiger partial charge >= 0.3 is 11.8 Å². The van der Waals surface area contributed by atoms with E-state index in [0.717, 1.165) is 11.1 Å². The number of rotatable bonds is 4. The average molecular weight is 307 g/mol. The number of anilines is 1. The van der Waals surface area contributed by atoms with Crippen LogP contribution in [0.15, 0.2) is 41.2 Å². The second-order valence-corrected chi connectivity index (χ2v) is 4.99. The zero-order valence-corrected chi connectivity index (χ0v) is 12.2. The summed E-state index contributed by atoms with van der Waals surface area (Å²) in [6, 6.07) is 6.90. The van der Waals surface area contributed by atoms with Crippen molar-refractivity contribution >= 4 is 29.1 Å². The van der Waals surface area contributed by atoms with Crippen molar-refractivity contribution in [2.45, 2.75) is 13.3 Å². The van der Waals surface area contributed by atoms with Crippen molar-refractivity contribution < 1.29 is 14.0 Å². The number of hydrogen-bond donors (Lipinski definition) is 2. The molecule has 0 unspecified atom stereocenters. The molecule has 0 saturated heterocycles. The number of hydrogen-bond acceptors (Lipinski definition) is 3. The first-order valence-corrected chi connectivity index (χ1v) is 6.80. The lowest BCUT2D eigenvalue weighted by molar-refractivity contribution is -0.136. The van der Waals surface area contributed by atoms with Crippen LogP contribution >= 0.6 is 11.6 Å². The predicted octanol–water partition coefficient (Wildman–Crippen LogP) is 2.54. The SMILES string of the molecule is Cc1ccc(Cl)cc1NC(=O)C(=O)NCCc1ccoc1. The van der Waals surface area contributed by atoms with Gasteiger partial charge in [0.1, 0.15) is 0 Å². The number of nitrogens with one attached hydrogen (secondary N) is 2. The van der Waals surface area contributed by atoms with Gasteiger partial charge in [-0.15, -0.1) is 0 Å². The molecule has 2 amide bonds. The molecule has 2 rings (SSSR count). The Morgan fingerprint density at radius 1 is 1.24 bits per heavy atom. The van der Waals surface area contributed by atoms with Crippen LogP contribution in [0.3, 0.4) is 0 Å². The standard InChI is InChI=1S/C15H15ClN2O3/c1-10-2-3-12(16)8-13(10)18-15(20)14(19)17-6-4-11-5-7-21-9-11/h2-3,5,7-9H,4,6H2,1H3,(H,17,19)(H,18,20). The molecule has 1 heterocycles. The molecule has 0 aliphatic carbocycles. The Bertz CT molecular complexity index is 638. The molecular weight excluding hydrogens is 292 g/mol. The Morgan fingerprint density at radius 2 is 2.05 bits per heavy atom. The molecule has 0 aliphatic heterocycles. The number of aryl methyl sites for hydroxylation is 1. The Morgan fingerprint density at radius 3 is 2.76 bits per heavy atom. The molecule has 0 bridgehead atoms. The van der Waals surface area contributed by atoms with Crippen LogP contribution in [-0.2, 0) is 16.0 Å². The molecule has 6 heteroatoms. The number of benzene rings is 1. The quantitative estimate of drug-likeness (QED) is 0.853. The summed E-state index contributed by atoms with van der Waals surface area (Å²) in [7, 11) is 0. The summed E-state index contributed by atoms with van der Waals surface area (Å²) in [5.74, 6) is -1.40. The van der Waals surface area contributed by atoms with Crippen LogP contribution in [0, 0.1) is 6.92 Å². The Balaban J connectivity index is 1.84.